The number of nitriles is 1. The molecule has 2 nitrogen and oxygen atoms in total. The Hall–Kier alpha value is -2.47. The molecule has 1 aliphatic rings. The van der Waals surface area contributed by atoms with E-state index in [1.807, 2.05) is 6.08 Å². The van der Waals surface area contributed by atoms with Crippen molar-refractivity contribution in [1.82, 2.24) is 0 Å². The van der Waals surface area contributed by atoms with Crippen molar-refractivity contribution in [2.24, 2.45) is 4.99 Å². The second-order valence-electron chi connectivity index (χ2n) is 4.88. The van der Waals surface area contributed by atoms with Crippen molar-refractivity contribution in [2.75, 3.05) is 0 Å². The van der Waals surface area contributed by atoms with Gasteiger partial charge in [-0.1, -0.05) is 19.1 Å². The first kappa shape index (κ1) is 14.9. The second-order valence-corrected chi connectivity index (χ2v) is 4.88. The van der Waals surface area contributed by atoms with Crippen LogP contribution in [0.1, 0.15) is 37.3 Å². The van der Waals surface area contributed by atoms with Gasteiger partial charge in [0, 0.05) is 6.20 Å². The number of hydrogen-bond donors (Lipinski definition) is 0. The molecular weight excluding hydrogens is 263 g/mol. The molecule has 0 spiro atoms. The van der Waals surface area contributed by atoms with Crippen LogP contribution < -0.4 is 0 Å². The molecule has 0 radical (unpaired) electrons. The van der Waals surface area contributed by atoms with Crippen LogP contribution in [-0.2, 0) is 0 Å². The molecule has 1 aromatic rings. The average molecular weight is 280 g/mol. The summed E-state index contributed by atoms with van der Waals surface area (Å²) >= 11 is 0. The molecule has 106 valence electrons. The van der Waals surface area contributed by atoms with E-state index in [-0.39, 0.29) is 5.82 Å². The molecule has 0 unspecified atom stereocenters. The van der Waals surface area contributed by atoms with Crippen LogP contribution in [0.15, 0.2) is 52.7 Å². The molecule has 2 rings (SSSR count). The largest absolute Gasteiger partial charge is 0.272 e. The number of benzene rings is 1. The topological polar surface area (TPSA) is 36.1 Å². The first-order valence-corrected chi connectivity index (χ1v) is 6.95. The molecule has 0 aliphatic heterocycles. The van der Waals surface area contributed by atoms with Crippen molar-refractivity contribution in [3.8, 4) is 6.07 Å². The third-order valence-corrected chi connectivity index (χ3v) is 3.49. The summed E-state index contributed by atoms with van der Waals surface area (Å²) in [5, 5.41) is 9.18. The van der Waals surface area contributed by atoms with Crippen LogP contribution in [0.3, 0.4) is 0 Å². The van der Waals surface area contributed by atoms with Gasteiger partial charge in [0.1, 0.15) is 5.82 Å². The first-order valence-electron chi connectivity index (χ1n) is 6.95. The molecule has 0 heterocycles. The Kier molecular flexibility index (Phi) is 4.84. The molecule has 0 N–H and O–H groups in total. The van der Waals surface area contributed by atoms with Crippen molar-refractivity contribution >= 4 is 12.3 Å². The fourth-order valence-electron chi connectivity index (χ4n) is 2.55. The summed E-state index contributed by atoms with van der Waals surface area (Å²) in [5.74, 6) is -0.387. The van der Waals surface area contributed by atoms with E-state index in [1.54, 1.807) is 12.3 Å². The third-order valence-electron chi connectivity index (χ3n) is 3.49. The van der Waals surface area contributed by atoms with Crippen LogP contribution >= 0.6 is 0 Å². The van der Waals surface area contributed by atoms with Gasteiger partial charge < -0.3 is 0 Å². The number of rotatable bonds is 3. The van der Waals surface area contributed by atoms with Gasteiger partial charge in [0.05, 0.1) is 11.6 Å². The van der Waals surface area contributed by atoms with Crippen LogP contribution in [0.2, 0.25) is 0 Å². The lowest BCUT2D eigenvalue weighted by Gasteiger charge is -2.19. The number of hydrogen-bond acceptors (Lipinski definition) is 2. The molecule has 0 saturated carbocycles. The first-order chi connectivity index (χ1) is 10.2. The summed E-state index contributed by atoms with van der Waals surface area (Å²) in [7, 11) is 0. The van der Waals surface area contributed by atoms with Crippen LogP contribution in [-0.4, -0.2) is 6.72 Å². The molecule has 0 fully saturated rings. The van der Waals surface area contributed by atoms with Gasteiger partial charge in [-0.2, -0.15) is 5.26 Å². The zero-order valence-electron chi connectivity index (χ0n) is 12.1. The molecule has 0 saturated heterocycles. The number of halogens is 1. The van der Waals surface area contributed by atoms with E-state index < -0.39 is 0 Å². The maximum Gasteiger partial charge on any atom is 0.124 e. The predicted octanol–water partition coefficient (Wildman–Crippen LogP) is 4.80. The SMILES string of the molecule is C=N/C=C1/C=C(c2ccc(F)cc2C#N)CC/C1=C/CC. The molecule has 1 aromatic carbocycles. The maximum absolute atomic E-state index is 13.2. The summed E-state index contributed by atoms with van der Waals surface area (Å²) in [5.41, 5.74) is 4.46. The van der Waals surface area contributed by atoms with E-state index in [2.05, 4.69) is 30.8 Å². The maximum atomic E-state index is 13.2. The molecule has 0 bridgehead atoms. The Labute approximate surface area is 124 Å². The van der Waals surface area contributed by atoms with Gasteiger partial charge in [0.2, 0.25) is 0 Å². The van der Waals surface area contributed by atoms with E-state index in [0.29, 0.717) is 5.56 Å². The van der Waals surface area contributed by atoms with Gasteiger partial charge in [0.25, 0.3) is 0 Å². The smallest absolute Gasteiger partial charge is 0.124 e. The van der Waals surface area contributed by atoms with Gasteiger partial charge >= 0.3 is 0 Å². The van der Waals surface area contributed by atoms with E-state index in [9.17, 15) is 9.65 Å². The summed E-state index contributed by atoms with van der Waals surface area (Å²) < 4.78 is 13.2. The summed E-state index contributed by atoms with van der Waals surface area (Å²) in [6.07, 6.45) is 8.63. The standard InChI is InChI=1S/C18H17FN2/c1-3-4-13-5-6-14(9-16(13)12-21-2)18-8-7-17(19)10-15(18)11-20/h4,7-10,12H,2-3,5-6H2,1H3/b13-4-,16-12-. The Bertz CT molecular complexity index is 688. The minimum absolute atomic E-state index is 0.370. The highest BCUT2D eigenvalue weighted by atomic mass is 19.1. The lowest BCUT2D eigenvalue weighted by molar-refractivity contribution is 0.627. The van der Waals surface area contributed by atoms with Crippen molar-refractivity contribution in [1.29, 1.82) is 5.26 Å². The lowest BCUT2D eigenvalue weighted by atomic mass is 9.85. The third kappa shape index (κ3) is 3.35. The van der Waals surface area contributed by atoms with E-state index in [1.165, 1.54) is 17.7 Å². The molecule has 0 atom stereocenters. The summed E-state index contributed by atoms with van der Waals surface area (Å²) in [4.78, 5) is 3.85. The Balaban J connectivity index is 2.49. The van der Waals surface area contributed by atoms with E-state index in [4.69, 9.17) is 0 Å². The lowest BCUT2D eigenvalue weighted by Crippen LogP contribution is -2.00. The van der Waals surface area contributed by atoms with Crippen LogP contribution in [0.5, 0.6) is 0 Å². The normalized spacial score (nSPS) is 18.4. The minimum atomic E-state index is -0.387. The monoisotopic (exact) mass is 280 g/mol. The van der Waals surface area contributed by atoms with Crippen LogP contribution in [0, 0.1) is 17.1 Å². The van der Waals surface area contributed by atoms with Gasteiger partial charge in [0.15, 0.2) is 0 Å². The highest BCUT2D eigenvalue weighted by Gasteiger charge is 2.16. The summed E-state index contributed by atoms with van der Waals surface area (Å²) in [6, 6.07) is 6.41. The van der Waals surface area contributed by atoms with Crippen molar-refractivity contribution < 1.29 is 4.39 Å². The fraction of sp³-hybridized carbons (Fsp3) is 0.222. The van der Waals surface area contributed by atoms with Crippen molar-refractivity contribution in [2.45, 2.75) is 26.2 Å². The average Bonchev–Trinajstić information content (AvgIpc) is 2.49. The summed E-state index contributed by atoms with van der Waals surface area (Å²) in [6.45, 7) is 5.60. The molecule has 1 aliphatic carbocycles. The van der Waals surface area contributed by atoms with Crippen LogP contribution in [0.25, 0.3) is 5.57 Å². The van der Waals surface area contributed by atoms with Gasteiger partial charge in [-0.05, 0) is 66.5 Å². The number of allylic oxidation sites excluding steroid dienone is 5. The number of nitrogens with zero attached hydrogens (tertiary/aromatic N) is 2. The highest BCUT2D eigenvalue weighted by molar-refractivity contribution is 5.76. The van der Waals surface area contributed by atoms with Crippen LogP contribution in [0.4, 0.5) is 4.39 Å². The van der Waals surface area contributed by atoms with Crippen molar-refractivity contribution in [3.05, 3.63) is 64.6 Å². The molecule has 0 aromatic heterocycles. The Morgan fingerprint density at radius 2 is 2.24 bits per heavy atom. The Morgan fingerprint density at radius 3 is 2.90 bits per heavy atom. The zero-order chi connectivity index (χ0) is 15.2. The molecule has 0 amide bonds. The zero-order valence-corrected chi connectivity index (χ0v) is 12.1. The van der Waals surface area contributed by atoms with Gasteiger partial charge in [-0.25, -0.2) is 4.39 Å². The Morgan fingerprint density at radius 1 is 1.43 bits per heavy atom. The quantitative estimate of drug-likeness (QED) is 0.733. The fourth-order valence-corrected chi connectivity index (χ4v) is 2.55. The molecule has 3 heteroatoms. The van der Waals surface area contributed by atoms with E-state index in [0.717, 1.165) is 36.0 Å². The number of aliphatic imine (C=N–C) groups is 1. The minimum Gasteiger partial charge on any atom is -0.272 e. The second kappa shape index (κ2) is 6.81. The van der Waals surface area contributed by atoms with Gasteiger partial charge in [-0.3, -0.25) is 4.99 Å². The van der Waals surface area contributed by atoms with Crippen molar-refractivity contribution in [3.63, 3.8) is 0 Å². The highest BCUT2D eigenvalue weighted by Crippen LogP contribution is 2.34. The predicted molar refractivity (Wildman–Crippen MR) is 84.3 cm³/mol. The molecular formula is C18H17FN2. The van der Waals surface area contributed by atoms with E-state index >= 15 is 0 Å². The molecule has 21 heavy (non-hydrogen) atoms. The van der Waals surface area contributed by atoms with Gasteiger partial charge in [-0.15, -0.1) is 0 Å².